The molecule has 0 aromatic heterocycles. The largest absolute Gasteiger partial charge is 0.520 e. The number of rotatable bonds is 18. The zero-order chi connectivity index (χ0) is 22.9. The van der Waals surface area contributed by atoms with Crippen molar-refractivity contribution in [1.29, 1.82) is 0 Å². The molecule has 0 atom stereocenters. The molecule has 2 aromatic rings. The highest BCUT2D eigenvalue weighted by atomic mass is 28.4. The Morgan fingerprint density at radius 2 is 1.12 bits per heavy atom. The fourth-order valence-corrected chi connectivity index (χ4v) is 6.62. The van der Waals surface area contributed by atoms with Crippen LogP contribution in [-0.2, 0) is 4.43 Å². The molecule has 3 heteroatoms. The number of para-hydroxylation sites is 1. The first-order chi connectivity index (χ1) is 15.7. The molecule has 0 aliphatic heterocycles. The summed E-state index contributed by atoms with van der Waals surface area (Å²) in [7, 11) is -2.25. The average Bonchev–Trinajstić information content (AvgIpc) is 2.85. The van der Waals surface area contributed by atoms with Gasteiger partial charge in [-0.15, -0.1) is 0 Å². The van der Waals surface area contributed by atoms with Gasteiger partial charge in [-0.25, -0.2) is 0 Å². The van der Waals surface area contributed by atoms with Crippen molar-refractivity contribution in [3.05, 3.63) is 54.6 Å². The van der Waals surface area contributed by atoms with Crippen LogP contribution in [0.4, 0.5) is 0 Å². The van der Waals surface area contributed by atoms with Crippen LogP contribution in [0.25, 0.3) is 11.1 Å². The summed E-state index contributed by atoms with van der Waals surface area (Å²) in [6.45, 7) is 7.56. The lowest BCUT2D eigenvalue weighted by atomic mass is 10.1. The van der Waals surface area contributed by atoms with E-state index in [1.807, 2.05) is 0 Å². The standard InChI is InChI=1S/C29H46O2Si/c1-4-7-8-9-10-11-12-13-14-15-21-26-30-32(5-2,6-3)31-29-25-20-19-24-28(29)27-22-17-16-18-23-27/h16-20,22-25H,4-15,21,26H2,1-3H3. The van der Waals surface area contributed by atoms with Crippen LogP contribution in [0.2, 0.25) is 12.1 Å². The molecule has 0 fully saturated rings. The van der Waals surface area contributed by atoms with Crippen LogP contribution in [0.1, 0.15) is 91.4 Å². The van der Waals surface area contributed by atoms with Gasteiger partial charge in [0.1, 0.15) is 5.75 Å². The summed E-state index contributed by atoms with van der Waals surface area (Å²) in [6, 6.07) is 20.9. The zero-order valence-electron chi connectivity index (χ0n) is 20.9. The summed E-state index contributed by atoms with van der Waals surface area (Å²) in [6.07, 6.45) is 15.0. The molecule has 0 unspecified atom stereocenters. The van der Waals surface area contributed by atoms with Crippen molar-refractivity contribution >= 4 is 8.56 Å². The molecule has 2 rings (SSSR count). The van der Waals surface area contributed by atoms with Crippen molar-refractivity contribution in [1.82, 2.24) is 0 Å². The van der Waals surface area contributed by atoms with Crippen molar-refractivity contribution in [2.45, 2.75) is 103 Å². The molecule has 2 nitrogen and oxygen atoms in total. The molecule has 2 aromatic carbocycles. The Morgan fingerprint density at radius 3 is 1.72 bits per heavy atom. The SMILES string of the molecule is CCCCCCCCCCCCCO[Si](CC)(CC)Oc1ccccc1-c1ccccc1. The highest BCUT2D eigenvalue weighted by Crippen LogP contribution is 2.33. The van der Waals surface area contributed by atoms with Gasteiger partial charge in [-0.05, 0) is 30.1 Å². The molecule has 0 bridgehead atoms. The fourth-order valence-electron chi connectivity index (χ4n) is 4.26. The van der Waals surface area contributed by atoms with Gasteiger partial charge in [-0.3, -0.25) is 0 Å². The van der Waals surface area contributed by atoms with Gasteiger partial charge >= 0.3 is 8.56 Å². The number of unbranched alkanes of at least 4 members (excludes halogenated alkanes) is 10. The van der Waals surface area contributed by atoms with Crippen molar-refractivity contribution < 1.29 is 8.85 Å². The maximum absolute atomic E-state index is 6.70. The van der Waals surface area contributed by atoms with Gasteiger partial charge < -0.3 is 8.85 Å². The van der Waals surface area contributed by atoms with Crippen LogP contribution in [0.15, 0.2) is 54.6 Å². The predicted octanol–water partition coefficient (Wildman–Crippen LogP) is 9.54. The van der Waals surface area contributed by atoms with Crippen LogP contribution < -0.4 is 4.43 Å². The second kappa shape index (κ2) is 16.1. The Bertz CT molecular complexity index is 712. The zero-order valence-corrected chi connectivity index (χ0v) is 21.9. The average molecular weight is 455 g/mol. The van der Waals surface area contributed by atoms with Gasteiger partial charge in [0.25, 0.3) is 0 Å². The van der Waals surface area contributed by atoms with Crippen molar-refractivity contribution in [2.24, 2.45) is 0 Å². The molecular weight excluding hydrogens is 408 g/mol. The minimum absolute atomic E-state index is 0.832. The second-order valence-corrected chi connectivity index (χ2v) is 12.7. The van der Waals surface area contributed by atoms with Gasteiger partial charge in [-0.2, -0.15) is 0 Å². The number of hydrogen-bond acceptors (Lipinski definition) is 2. The molecule has 0 saturated heterocycles. The van der Waals surface area contributed by atoms with Crippen LogP contribution in [-0.4, -0.2) is 15.2 Å². The van der Waals surface area contributed by atoms with E-state index in [1.165, 1.54) is 69.8 Å². The molecule has 178 valence electrons. The summed E-state index contributed by atoms with van der Waals surface area (Å²) >= 11 is 0. The normalized spacial score (nSPS) is 11.6. The third kappa shape index (κ3) is 9.50. The van der Waals surface area contributed by atoms with Crippen LogP contribution in [0, 0.1) is 0 Å². The summed E-state index contributed by atoms with van der Waals surface area (Å²) < 4.78 is 13.2. The van der Waals surface area contributed by atoms with Crippen LogP contribution >= 0.6 is 0 Å². The van der Waals surface area contributed by atoms with Crippen molar-refractivity contribution in [2.75, 3.05) is 6.61 Å². The predicted molar refractivity (Wildman–Crippen MR) is 142 cm³/mol. The topological polar surface area (TPSA) is 18.5 Å². The van der Waals surface area contributed by atoms with E-state index in [4.69, 9.17) is 8.85 Å². The van der Waals surface area contributed by atoms with Crippen molar-refractivity contribution in [3.63, 3.8) is 0 Å². The molecule has 0 heterocycles. The molecule has 0 amide bonds. The monoisotopic (exact) mass is 454 g/mol. The molecule has 0 radical (unpaired) electrons. The smallest absolute Gasteiger partial charge is 0.398 e. The van der Waals surface area contributed by atoms with E-state index in [2.05, 4.69) is 75.4 Å². The lowest BCUT2D eigenvalue weighted by Crippen LogP contribution is -2.44. The Kier molecular flexibility index (Phi) is 13.4. The number of hydrogen-bond donors (Lipinski definition) is 0. The maximum atomic E-state index is 6.70. The van der Waals surface area contributed by atoms with Crippen LogP contribution in [0.5, 0.6) is 5.75 Å². The van der Waals surface area contributed by atoms with Gasteiger partial charge in [0.2, 0.25) is 0 Å². The van der Waals surface area contributed by atoms with E-state index in [0.29, 0.717) is 0 Å². The lowest BCUT2D eigenvalue weighted by molar-refractivity contribution is 0.230. The van der Waals surface area contributed by atoms with Gasteiger partial charge in [-0.1, -0.05) is 134 Å². The third-order valence-electron chi connectivity index (χ3n) is 6.46. The number of benzene rings is 2. The first-order valence-corrected chi connectivity index (χ1v) is 15.4. The molecule has 0 saturated carbocycles. The Balaban J connectivity index is 1.74. The summed E-state index contributed by atoms with van der Waals surface area (Å²) in [4.78, 5) is 0. The molecule has 0 aliphatic rings. The first-order valence-electron chi connectivity index (χ1n) is 13.2. The van der Waals surface area contributed by atoms with Gasteiger partial charge in [0.15, 0.2) is 0 Å². The molecule has 32 heavy (non-hydrogen) atoms. The maximum Gasteiger partial charge on any atom is 0.398 e. The van der Waals surface area contributed by atoms with E-state index in [0.717, 1.165) is 36.4 Å². The van der Waals surface area contributed by atoms with E-state index < -0.39 is 8.56 Å². The first kappa shape index (κ1) is 26.7. The van der Waals surface area contributed by atoms with Crippen molar-refractivity contribution in [3.8, 4) is 16.9 Å². The second-order valence-electron chi connectivity index (χ2n) is 8.97. The highest BCUT2D eigenvalue weighted by Gasteiger charge is 2.36. The third-order valence-corrected chi connectivity index (χ3v) is 9.94. The minimum Gasteiger partial charge on any atom is -0.520 e. The van der Waals surface area contributed by atoms with E-state index in [9.17, 15) is 0 Å². The summed E-state index contributed by atoms with van der Waals surface area (Å²) in [5, 5.41) is 0. The van der Waals surface area contributed by atoms with E-state index >= 15 is 0 Å². The Labute approximate surface area is 199 Å². The van der Waals surface area contributed by atoms with Crippen LogP contribution in [0.3, 0.4) is 0 Å². The van der Waals surface area contributed by atoms with Gasteiger partial charge in [0.05, 0.1) is 0 Å². The Hall–Kier alpha value is -1.58. The van der Waals surface area contributed by atoms with E-state index in [-0.39, 0.29) is 0 Å². The fraction of sp³-hybridized carbons (Fsp3) is 0.586. The molecule has 0 aliphatic carbocycles. The molecular formula is C29H46O2Si. The van der Waals surface area contributed by atoms with Gasteiger partial charge in [0, 0.05) is 12.2 Å². The lowest BCUT2D eigenvalue weighted by Gasteiger charge is -2.30. The minimum atomic E-state index is -2.25. The summed E-state index contributed by atoms with van der Waals surface area (Å²) in [5.74, 6) is 0.966. The summed E-state index contributed by atoms with van der Waals surface area (Å²) in [5.41, 5.74) is 2.36. The van der Waals surface area contributed by atoms with E-state index in [1.54, 1.807) is 0 Å². The molecule has 0 spiro atoms. The Morgan fingerprint density at radius 1 is 0.594 bits per heavy atom. The highest BCUT2D eigenvalue weighted by molar-refractivity contribution is 6.68. The quantitative estimate of drug-likeness (QED) is 0.165. The molecule has 0 N–H and O–H groups in total.